The fourth-order valence-corrected chi connectivity index (χ4v) is 4.97. The van der Waals surface area contributed by atoms with Crippen molar-refractivity contribution < 1.29 is 22.8 Å². The number of nitrogens with zero attached hydrogens (tertiary/aromatic N) is 1. The second kappa shape index (κ2) is 9.37. The largest absolute Gasteiger partial charge is 0.416 e. The topological polar surface area (TPSA) is 49.4 Å². The average Bonchev–Trinajstić information content (AvgIpc) is 3.50. The molecule has 4 nitrogen and oxygen atoms in total. The van der Waals surface area contributed by atoms with Gasteiger partial charge in [-0.2, -0.15) is 13.2 Å². The van der Waals surface area contributed by atoms with E-state index in [9.17, 15) is 22.8 Å². The molecule has 1 spiro atoms. The maximum atomic E-state index is 12.9. The number of alkyl halides is 3. The highest BCUT2D eigenvalue weighted by Gasteiger charge is 2.58. The molecule has 2 aliphatic rings. The van der Waals surface area contributed by atoms with E-state index >= 15 is 0 Å². The predicted octanol–water partition coefficient (Wildman–Crippen LogP) is 5.24. The van der Waals surface area contributed by atoms with Gasteiger partial charge in [-0.05, 0) is 60.4 Å². The van der Waals surface area contributed by atoms with Gasteiger partial charge in [-0.15, -0.1) is 0 Å². The van der Waals surface area contributed by atoms with Crippen LogP contribution in [0.3, 0.4) is 0 Å². The highest BCUT2D eigenvalue weighted by molar-refractivity contribution is 6.31. The standard InChI is InChI=1S/C25H26ClF3N2O2/c26-21-7-2-1-5-18(21)8-9-22(32)31-12-10-24(11-13-31)15-20(24)23(33)30-16-17-4-3-6-19(14-17)25(27,28)29/h1-7,14,20H,8-13,15-16H2,(H,30,33). The summed E-state index contributed by atoms with van der Waals surface area (Å²) in [5.74, 6) is -0.162. The molecule has 2 aromatic rings. The molecule has 176 valence electrons. The molecule has 1 saturated carbocycles. The summed E-state index contributed by atoms with van der Waals surface area (Å²) in [4.78, 5) is 27.1. The van der Waals surface area contributed by atoms with Crippen LogP contribution in [-0.2, 0) is 28.7 Å². The van der Waals surface area contributed by atoms with Crippen molar-refractivity contribution in [3.63, 3.8) is 0 Å². The van der Waals surface area contributed by atoms with Crippen LogP contribution in [0.1, 0.15) is 42.4 Å². The van der Waals surface area contributed by atoms with Crippen LogP contribution in [0.15, 0.2) is 48.5 Å². The van der Waals surface area contributed by atoms with Gasteiger partial charge in [0.15, 0.2) is 0 Å². The van der Waals surface area contributed by atoms with E-state index in [2.05, 4.69) is 5.32 Å². The number of hydrogen-bond acceptors (Lipinski definition) is 2. The Morgan fingerprint density at radius 2 is 1.82 bits per heavy atom. The molecule has 1 aliphatic heterocycles. The number of piperidine rings is 1. The van der Waals surface area contributed by atoms with Crippen LogP contribution in [-0.4, -0.2) is 29.8 Å². The van der Waals surface area contributed by atoms with Crippen molar-refractivity contribution >= 4 is 23.4 Å². The van der Waals surface area contributed by atoms with E-state index in [1.54, 1.807) is 6.07 Å². The summed E-state index contributed by atoms with van der Waals surface area (Å²) in [6, 6.07) is 12.5. The first kappa shape index (κ1) is 23.6. The monoisotopic (exact) mass is 478 g/mol. The van der Waals surface area contributed by atoms with Crippen LogP contribution in [0.5, 0.6) is 0 Å². The van der Waals surface area contributed by atoms with Gasteiger partial charge in [0.1, 0.15) is 0 Å². The van der Waals surface area contributed by atoms with Gasteiger partial charge in [0.25, 0.3) is 0 Å². The van der Waals surface area contributed by atoms with Gasteiger partial charge >= 0.3 is 6.18 Å². The summed E-state index contributed by atoms with van der Waals surface area (Å²) in [6.07, 6.45) is -1.10. The van der Waals surface area contributed by atoms with Crippen LogP contribution < -0.4 is 5.32 Å². The molecular formula is C25H26ClF3N2O2. The zero-order valence-electron chi connectivity index (χ0n) is 18.1. The summed E-state index contributed by atoms with van der Waals surface area (Å²) in [6.45, 7) is 1.32. The highest BCUT2D eigenvalue weighted by Crippen LogP contribution is 2.59. The third-order valence-corrected chi connectivity index (χ3v) is 7.27. The van der Waals surface area contributed by atoms with E-state index in [-0.39, 0.29) is 29.7 Å². The van der Waals surface area contributed by atoms with Crippen LogP contribution in [0.2, 0.25) is 5.02 Å². The molecule has 2 fully saturated rings. The molecule has 33 heavy (non-hydrogen) atoms. The molecule has 0 aromatic heterocycles. The number of carbonyl (C=O) groups is 2. The zero-order chi connectivity index (χ0) is 23.6. The van der Waals surface area contributed by atoms with Crippen molar-refractivity contribution in [3.8, 4) is 0 Å². The molecule has 1 saturated heterocycles. The zero-order valence-corrected chi connectivity index (χ0v) is 18.9. The number of amides is 2. The molecule has 0 radical (unpaired) electrons. The minimum absolute atomic E-state index is 0.0714. The fourth-order valence-electron chi connectivity index (χ4n) is 4.74. The Bertz CT molecular complexity index is 1030. The second-order valence-electron chi connectivity index (χ2n) is 9.01. The molecule has 1 heterocycles. The number of likely N-dealkylation sites (tertiary alicyclic amines) is 1. The van der Waals surface area contributed by atoms with Crippen LogP contribution >= 0.6 is 11.6 Å². The Kier molecular flexibility index (Phi) is 6.71. The molecule has 1 N–H and O–H groups in total. The van der Waals surface area contributed by atoms with E-state index in [0.29, 0.717) is 36.5 Å². The molecule has 1 aliphatic carbocycles. The number of aryl methyl sites for hydroxylation is 1. The smallest absolute Gasteiger partial charge is 0.352 e. The van der Waals surface area contributed by atoms with E-state index < -0.39 is 11.7 Å². The Hall–Kier alpha value is -2.54. The summed E-state index contributed by atoms with van der Waals surface area (Å²) in [5, 5.41) is 3.46. The summed E-state index contributed by atoms with van der Waals surface area (Å²) in [7, 11) is 0. The number of benzene rings is 2. The van der Waals surface area contributed by atoms with E-state index in [1.165, 1.54) is 6.07 Å². The third kappa shape index (κ3) is 5.52. The summed E-state index contributed by atoms with van der Waals surface area (Å²) < 4.78 is 38.6. The molecule has 1 unspecified atom stereocenters. The fraction of sp³-hybridized carbons (Fsp3) is 0.440. The van der Waals surface area contributed by atoms with Crippen LogP contribution in [0.4, 0.5) is 13.2 Å². The summed E-state index contributed by atoms with van der Waals surface area (Å²) >= 11 is 6.16. The van der Waals surface area contributed by atoms with E-state index in [1.807, 2.05) is 29.2 Å². The van der Waals surface area contributed by atoms with Crippen molar-refractivity contribution in [1.29, 1.82) is 0 Å². The third-order valence-electron chi connectivity index (χ3n) is 6.91. The Labute approximate surface area is 196 Å². The molecule has 8 heteroatoms. The molecule has 4 rings (SSSR count). The van der Waals surface area contributed by atoms with Crippen LogP contribution in [0.25, 0.3) is 0 Å². The van der Waals surface area contributed by atoms with Gasteiger partial charge in [-0.1, -0.05) is 41.9 Å². The quantitative estimate of drug-likeness (QED) is 0.617. The normalized spacial score (nSPS) is 19.4. The van der Waals surface area contributed by atoms with Gasteiger partial charge in [-0.3, -0.25) is 9.59 Å². The first-order chi connectivity index (χ1) is 15.7. The molecule has 1 atom stereocenters. The highest BCUT2D eigenvalue weighted by atomic mass is 35.5. The Morgan fingerprint density at radius 1 is 1.09 bits per heavy atom. The van der Waals surface area contributed by atoms with Gasteiger partial charge < -0.3 is 10.2 Å². The Morgan fingerprint density at radius 3 is 2.52 bits per heavy atom. The number of nitrogens with one attached hydrogen (secondary N) is 1. The Balaban J connectivity index is 1.23. The molecular weight excluding hydrogens is 453 g/mol. The summed E-state index contributed by atoms with van der Waals surface area (Å²) in [5.41, 5.74) is 0.577. The lowest BCUT2D eigenvalue weighted by atomic mass is 9.90. The van der Waals surface area contributed by atoms with Crippen LogP contribution in [0, 0.1) is 11.3 Å². The van der Waals surface area contributed by atoms with Gasteiger partial charge in [0.05, 0.1) is 5.56 Å². The minimum atomic E-state index is -4.40. The maximum Gasteiger partial charge on any atom is 0.416 e. The van der Waals surface area contributed by atoms with Crippen molar-refractivity contribution in [2.75, 3.05) is 13.1 Å². The van der Waals surface area contributed by atoms with E-state index in [0.717, 1.165) is 37.0 Å². The van der Waals surface area contributed by atoms with Crippen molar-refractivity contribution in [2.24, 2.45) is 11.3 Å². The van der Waals surface area contributed by atoms with E-state index in [4.69, 9.17) is 11.6 Å². The first-order valence-electron chi connectivity index (χ1n) is 11.1. The number of hydrogen-bond donors (Lipinski definition) is 1. The van der Waals surface area contributed by atoms with Crippen molar-refractivity contribution in [3.05, 3.63) is 70.2 Å². The SMILES string of the molecule is O=C(NCc1cccc(C(F)(F)F)c1)C1CC12CCN(C(=O)CCc1ccccc1Cl)CC2. The molecule has 2 aromatic carbocycles. The van der Waals surface area contributed by atoms with Crippen molar-refractivity contribution in [2.45, 2.75) is 44.8 Å². The number of halogens is 4. The average molecular weight is 479 g/mol. The van der Waals surface area contributed by atoms with Crippen molar-refractivity contribution in [1.82, 2.24) is 10.2 Å². The number of rotatable bonds is 6. The van der Waals surface area contributed by atoms with Gasteiger partial charge in [0, 0.05) is 37.0 Å². The lowest BCUT2D eigenvalue weighted by Gasteiger charge is -2.33. The maximum absolute atomic E-state index is 12.9. The second-order valence-corrected chi connectivity index (χ2v) is 9.41. The predicted molar refractivity (Wildman–Crippen MR) is 119 cm³/mol. The first-order valence-corrected chi connectivity index (χ1v) is 11.5. The lowest BCUT2D eigenvalue weighted by Crippen LogP contribution is -2.40. The number of carbonyl (C=O) groups excluding carboxylic acids is 2. The molecule has 0 bridgehead atoms. The van der Waals surface area contributed by atoms with Gasteiger partial charge in [0.2, 0.25) is 11.8 Å². The minimum Gasteiger partial charge on any atom is -0.352 e. The molecule has 2 amide bonds. The van der Waals surface area contributed by atoms with Gasteiger partial charge in [-0.25, -0.2) is 0 Å². The lowest BCUT2D eigenvalue weighted by molar-refractivity contribution is -0.137.